The molecule has 108 valence electrons. The van der Waals surface area contributed by atoms with Gasteiger partial charge in [0, 0.05) is 31.1 Å². The number of carbonyl (C=O) groups excluding carboxylic acids is 1. The molecular weight excluding hydrogens is 509 g/mol. The number of rotatable bonds is 2. The predicted molar refractivity (Wildman–Crippen MR) is 66.4 cm³/mol. The minimum Gasteiger partial charge on any atom is -0.411 e. The van der Waals surface area contributed by atoms with Crippen LogP contribution >= 0.6 is 0 Å². The van der Waals surface area contributed by atoms with Crippen LogP contribution in [-0.4, -0.2) is 6.09 Å². The Morgan fingerprint density at radius 2 is 1.81 bits per heavy atom. The summed E-state index contributed by atoms with van der Waals surface area (Å²) in [6.45, 7) is 0. The van der Waals surface area contributed by atoms with E-state index in [1.54, 1.807) is 30.3 Å². The molecule has 0 unspecified atom stereocenters. The number of halogens is 3. The minimum atomic E-state index is -4.49. The van der Waals surface area contributed by atoms with Crippen molar-refractivity contribution in [2.24, 2.45) is 0 Å². The number of carbonyl (C=O) groups is 1. The SMILES string of the molecule is O=C(Nc1c[c-]cc(C(F)(F)F)c1)Oc1ccccc1.[U]. The number of hydrogen-bond donors (Lipinski definition) is 1. The van der Waals surface area contributed by atoms with Crippen LogP contribution in [0.15, 0.2) is 48.5 Å². The van der Waals surface area contributed by atoms with Crippen LogP contribution < -0.4 is 10.1 Å². The second-order valence-corrected chi connectivity index (χ2v) is 3.84. The van der Waals surface area contributed by atoms with E-state index in [2.05, 4.69) is 11.4 Å². The van der Waals surface area contributed by atoms with Gasteiger partial charge in [-0.2, -0.15) is 31.4 Å². The molecule has 2 aromatic carbocycles. The van der Waals surface area contributed by atoms with Crippen molar-refractivity contribution in [2.45, 2.75) is 6.18 Å². The van der Waals surface area contributed by atoms with Crippen LogP contribution in [0.4, 0.5) is 23.7 Å². The van der Waals surface area contributed by atoms with Crippen molar-refractivity contribution in [3.63, 3.8) is 0 Å². The Labute approximate surface area is 142 Å². The first-order valence-corrected chi connectivity index (χ1v) is 5.57. The van der Waals surface area contributed by atoms with Crippen molar-refractivity contribution < 1.29 is 53.8 Å². The standard InChI is InChI=1S/C14H9F3NO2.U/c15-14(16,17)10-5-4-6-11(9-10)18-13(19)20-12-7-2-1-3-8-12;/h1-3,5-9H,(H,18,19);/q-1;. The third kappa shape index (κ3) is 5.45. The predicted octanol–water partition coefficient (Wildman–Crippen LogP) is 4.12. The van der Waals surface area contributed by atoms with Gasteiger partial charge in [-0.3, -0.25) is 0 Å². The molecule has 1 N–H and O–H groups in total. The zero-order valence-electron chi connectivity index (χ0n) is 10.6. The molecule has 1 amide bonds. The summed E-state index contributed by atoms with van der Waals surface area (Å²) < 4.78 is 42.4. The number of para-hydroxylation sites is 1. The minimum absolute atomic E-state index is 0. The third-order valence-corrected chi connectivity index (χ3v) is 2.32. The molecule has 0 radical (unpaired) electrons. The van der Waals surface area contributed by atoms with Gasteiger partial charge in [0.05, 0.1) is 0 Å². The quantitative estimate of drug-likeness (QED) is 0.608. The van der Waals surface area contributed by atoms with E-state index in [4.69, 9.17) is 4.74 Å². The second kappa shape index (κ2) is 7.53. The van der Waals surface area contributed by atoms with Crippen LogP contribution in [0.25, 0.3) is 0 Å². The maximum absolute atomic E-state index is 12.5. The Balaban J connectivity index is 0.00000220. The topological polar surface area (TPSA) is 38.3 Å². The average Bonchev–Trinajstić information content (AvgIpc) is 2.39. The molecule has 2 aromatic rings. The summed E-state index contributed by atoms with van der Waals surface area (Å²) in [6, 6.07) is 13.3. The van der Waals surface area contributed by atoms with E-state index in [1.807, 2.05) is 0 Å². The van der Waals surface area contributed by atoms with Crippen molar-refractivity contribution in [3.8, 4) is 5.75 Å². The number of ether oxygens (including phenoxy) is 1. The zero-order chi connectivity index (χ0) is 14.6. The van der Waals surface area contributed by atoms with Gasteiger partial charge in [-0.1, -0.05) is 29.4 Å². The normalized spacial score (nSPS) is 10.4. The fourth-order valence-electron chi connectivity index (χ4n) is 1.45. The number of anilines is 1. The molecule has 0 aromatic heterocycles. The molecule has 3 nitrogen and oxygen atoms in total. The molecule has 0 bridgehead atoms. The van der Waals surface area contributed by atoms with Crippen molar-refractivity contribution in [1.82, 2.24) is 0 Å². The Hall–Kier alpha value is -1.45. The summed E-state index contributed by atoms with van der Waals surface area (Å²) >= 11 is 0. The first kappa shape index (κ1) is 17.6. The third-order valence-electron chi connectivity index (χ3n) is 2.32. The smallest absolute Gasteiger partial charge is 0.405 e. The van der Waals surface area contributed by atoms with Crippen LogP contribution in [0.2, 0.25) is 0 Å². The Morgan fingerprint density at radius 3 is 2.43 bits per heavy atom. The maximum atomic E-state index is 12.5. The van der Waals surface area contributed by atoms with E-state index in [9.17, 15) is 18.0 Å². The fraction of sp³-hybridized carbons (Fsp3) is 0.0714. The first-order valence-electron chi connectivity index (χ1n) is 5.57. The molecule has 0 aliphatic heterocycles. The number of benzene rings is 2. The van der Waals surface area contributed by atoms with E-state index in [-0.39, 0.29) is 36.8 Å². The van der Waals surface area contributed by atoms with Gasteiger partial charge in [0.2, 0.25) is 0 Å². The summed E-state index contributed by atoms with van der Waals surface area (Å²) in [7, 11) is 0. The number of alkyl halides is 3. The maximum Gasteiger partial charge on any atom is 0.405 e. The molecular formula is C14H9F3NO2U-. The van der Waals surface area contributed by atoms with Gasteiger partial charge >= 0.3 is 12.3 Å². The summed E-state index contributed by atoms with van der Waals surface area (Å²) in [5.74, 6) is 0.293. The van der Waals surface area contributed by atoms with Crippen molar-refractivity contribution in [2.75, 3.05) is 5.32 Å². The van der Waals surface area contributed by atoms with Gasteiger partial charge in [0.1, 0.15) is 5.75 Å². The molecule has 21 heavy (non-hydrogen) atoms. The number of hydrogen-bond acceptors (Lipinski definition) is 2. The van der Waals surface area contributed by atoms with Crippen LogP contribution in [-0.2, 0) is 6.18 Å². The molecule has 7 heteroatoms. The van der Waals surface area contributed by atoms with E-state index >= 15 is 0 Å². The van der Waals surface area contributed by atoms with Gasteiger partial charge in [-0.05, 0) is 12.1 Å². The van der Waals surface area contributed by atoms with E-state index in [0.717, 1.165) is 12.1 Å². The van der Waals surface area contributed by atoms with Crippen molar-refractivity contribution in [3.05, 3.63) is 60.2 Å². The van der Waals surface area contributed by atoms with Gasteiger partial charge < -0.3 is 10.1 Å². The molecule has 0 saturated heterocycles. The van der Waals surface area contributed by atoms with Gasteiger partial charge in [-0.25, -0.2) is 4.79 Å². The van der Waals surface area contributed by atoms with Crippen LogP contribution in [0, 0.1) is 37.2 Å². The summed E-state index contributed by atoms with van der Waals surface area (Å²) in [4.78, 5) is 11.5. The Morgan fingerprint density at radius 1 is 1.14 bits per heavy atom. The second-order valence-electron chi connectivity index (χ2n) is 3.84. The molecule has 0 spiro atoms. The zero-order valence-corrected chi connectivity index (χ0v) is 14.7. The molecule has 2 rings (SSSR count). The van der Waals surface area contributed by atoms with E-state index in [0.29, 0.717) is 5.75 Å². The van der Waals surface area contributed by atoms with Crippen LogP contribution in [0.5, 0.6) is 5.75 Å². The average molecular weight is 518 g/mol. The Bertz CT molecular complexity index is 603. The largest absolute Gasteiger partial charge is 0.411 e. The number of amides is 1. The molecule has 0 aliphatic rings. The molecule has 0 atom stereocenters. The van der Waals surface area contributed by atoms with Crippen LogP contribution in [0.3, 0.4) is 0 Å². The number of nitrogens with one attached hydrogen (secondary N) is 1. The van der Waals surface area contributed by atoms with Gasteiger partial charge in [0.25, 0.3) is 0 Å². The first-order chi connectivity index (χ1) is 9.45. The Kier molecular flexibility index (Phi) is 6.31. The molecule has 0 saturated carbocycles. The summed E-state index contributed by atoms with van der Waals surface area (Å²) in [5.41, 5.74) is -0.934. The fourth-order valence-corrected chi connectivity index (χ4v) is 1.45. The summed E-state index contributed by atoms with van der Waals surface area (Å²) in [6.07, 6.45) is -5.36. The van der Waals surface area contributed by atoms with Gasteiger partial charge in [0.15, 0.2) is 0 Å². The molecule has 0 heterocycles. The summed E-state index contributed by atoms with van der Waals surface area (Å²) in [5, 5.41) is 2.21. The van der Waals surface area contributed by atoms with E-state index in [1.165, 1.54) is 6.07 Å². The van der Waals surface area contributed by atoms with Crippen LogP contribution in [0.1, 0.15) is 5.56 Å². The van der Waals surface area contributed by atoms with Crippen molar-refractivity contribution >= 4 is 11.8 Å². The van der Waals surface area contributed by atoms with Crippen molar-refractivity contribution in [1.29, 1.82) is 0 Å². The van der Waals surface area contributed by atoms with Gasteiger partial charge in [-0.15, -0.1) is 6.07 Å². The molecule has 0 aliphatic carbocycles. The molecule has 0 fully saturated rings. The monoisotopic (exact) mass is 518 g/mol. The van der Waals surface area contributed by atoms with E-state index < -0.39 is 17.8 Å².